The molecule has 1 N–H and O–H groups in total. The maximum Gasteiger partial charge on any atom is 0.249 e. The fourth-order valence-corrected chi connectivity index (χ4v) is 2.07. The van der Waals surface area contributed by atoms with Crippen molar-refractivity contribution in [3.05, 3.63) is 27.8 Å². The third-order valence-electron chi connectivity index (χ3n) is 3.01. The quantitative estimate of drug-likeness (QED) is 0.941. The topological polar surface area (TPSA) is 73.0 Å². The van der Waals surface area contributed by atoms with Gasteiger partial charge in [-0.1, -0.05) is 5.16 Å². The Kier molecular flexibility index (Phi) is 3.75. The minimum Gasteiger partial charge on any atom is -0.359 e. The highest BCUT2D eigenvalue weighted by Crippen LogP contribution is 2.22. The van der Waals surface area contributed by atoms with E-state index >= 15 is 0 Å². The average molecular weight is 327 g/mol. The lowest BCUT2D eigenvalue weighted by atomic mass is 10.2. The monoisotopic (exact) mass is 326 g/mol. The third kappa shape index (κ3) is 2.56. The van der Waals surface area contributed by atoms with E-state index in [0.717, 1.165) is 10.2 Å². The molecule has 1 unspecified atom stereocenters. The van der Waals surface area contributed by atoms with E-state index in [-0.39, 0.29) is 5.91 Å². The summed E-state index contributed by atoms with van der Waals surface area (Å²) in [5, 5.41) is 10.8. The molecule has 0 saturated carbocycles. The first-order valence-corrected chi connectivity index (χ1v) is 6.64. The van der Waals surface area contributed by atoms with E-state index in [1.807, 2.05) is 6.92 Å². The molecule has 2 heterocycles. The van der Waals surface area contributed by atoms with Crippen LogP contribution in [-0.4, -0.2) is 20.8 Å². The molecule has 2 aromatic rings. The van der Waals surface area contributed by atoms with Gasteiger partial charge in [0.2, 0.25) is 5.91 Å². The molecule has 2 rings (SSSR count). The molecule has 1 amide bonds. The molecule has 2 aromatic heterocycles. The summed E-state index contributed by atoms with van der Waals surface area (Å²) in [7, 11) is 0. The number of hydrogen-bond acceptors (Lipinski definition) is 4. The molecule has 0 aliphatic heterocycles. The highest BCUT2D eigenvalue weighted by atomic mass is 79.9. The lowest BCUT2D eigenvalue weighted by Gasteiger charge is -2.14. The normalized spacial score (nSPS) is 12.5. The van der Waals surface area contributed by atoms with Crippen LogP contribution in [0.3, 0.4) is 0 Å². The average Bonchev–Trinajstić information content (AvgIpc) is 2.86. The van der Waals surface area contributed by atoms with Crippen molar-refractivity contribution in [2.75, 3.05) is 5.32 Å². The van der Waals surface area contributed by atoms with Gasteiger partial charge in [0.25, 0.3) is 0 Å². The predicted octanol–water partition coefficient (Wildman–Crippen LogP) is 2.76. The summed E-state index contributed by atoms with van der Waals surface area (Å²) in [5.74, 6) is 0.435. The van der Waals surface area contributed by atoms with Crippen LogP contribution in [0.4, 0.5) is 5.69 Å². The van der Waals surface area contributed by atoms with Gasteiger partial charge in [-0.25, -0.2) is 0 Å². The zero-order valence-corrected chi connectivity index (χ0v) is 12.8. The first-order valence-electron chi connectivity index (χ1n) is 5.85. The van der Waals surface area contributed by atoms with E-state index in [1.165, 1.54) is 0 Å². The fraction of sp³-hybridized carbons (Fsp3) is 0.417. The number of amides is 1. The van der Waals surface area contributed by atoms with Crippen molar-refractivity contribution in [1.82, 2.24) is 14.9 Å². The second-order valence-electron chi connectivity index (χ2n) is 4.39. The molecular formula is C12H15BrN4O2. The van der Waals surface area contributed by atoms with Crippen LogP contribution in [0.15, 0.2) is 15.2 Å². The van der Waals surface area contributed by atoms with Gasteiger partial charge in [0.1, 0.15) is 17.4 Å². The number of carbonyl (C=O) groups is 1. The van der Waals surface area contributed by atoms with Gasteiger partial charge in [-0.15, -0.1) is 0 Å². The van der Waals surface area contributed by atoms with E-state index < -0.39 is 6.04 Å². The maximum atomic E-state index is 12.2. The van der Waals surface area contributed by atoms with Gasteiger partial charge in [-0.05, 0) is 43.6 Å². The van der Waals surface area contributed by atoms with Gasteiger partial charge in [-0.2, -0.15) is 5.10 Å². The summed E-state index contributed by atoms with van der Waals surface area (Å²) >= 11 is 3.38. The van der Waals surface area contributed by atoms with Crippen LogP contribution in [0.1, 0.15) is 30.1 Å². The van der Waals surface area contributed by atoms with Gasteiger partial charge in [-0.3, -0.25) is 9.48 Å². The van der Waals surface area contributed by atoms with E-state index in [9.17, 15) is 4.79 Å². The van der Waals surface area contributed by atoms with Crippen LogP contribution in [-0.2, 0) is 4.79 Å². The highest BCUT2D eigenvalue weighted by molar-refractivity contribution is 9.10. The number of aryl methyl sites for hydroxylation is 2. The van der Waals surface area contributed by atoms with Crippen molar-refractivity contribution >= 4 is 27.5 Å². The minimum atomic E-state index is -0.417. The van der Waals surface area contributed by atoms with Crippen LogP contribution < -0.4 is 5.32 Å². The molecule has 1 atom stereocenters. The Balaban J connectivity index is 2.19. The Morgan fingerprint density at radius 3 is 2.63 bits per heavy atom. The van der Waals surface area contributed by atoms with Crippen molar-refractivity contribution in [3.8, 4) is 0 Å². The summed E-state index contributed by atoms with van der Waals surface area (Å²) in [5.41, 5.74) is 2.19. The van der Waals surface area contributed by atoms with E-state index in [1.54, 1.807) is 31.6 Å². The van der Waals surface area contributed by atoms with Crippen molar-refractivity contribution < 1.29 is 9.32 Å². The molecule has 102 valence electrons. The van der Waals surface area contributed by atoms with E-state index in [2.05, 4.69) is 31.5 Å². The van der Waals surface area contributed by atoms with Crippen LogP contribution in [0.25, 0.3) is 0 Å². The number of carbonyl (C=O) groups excluding carboxylic acids is 1. The lowest BCUT2D eigenvalue weighted by molar-refractivity contribution is -0.119. The van der Waals surface area contributed by atoms with Crippen molar-refractivity contribution in [3.63, 3.8) is 0 Å². The fourth-order valence-electron chi connectivity index (χ4n) is 1.79. The number of nitrogens with zero attached hydrogens (tertiary/aromatic N) is 3. The number of aromatic nitrogens is 3. The molecule has 7 heteroatoms. The summed E-state index contributed by atoms with van der Waals surface area (Å²) in [4.78, 5) is 12.2. The van der Waals surface area contributed by atoms with Gasteiger partial charge in [0, 0.05) is 0 Å². The van der Waals surface area contributed by atoms with Crippen LogP contribution in [0.5, 0.6) is 0 Å². The number of anilines is 1. The first kappa shape index (κ1) is 13.8. The Labute approximate surface area is 119 Å². The third-order valence-corrected chi connectivity index (χ3v) is 3.79. The molecule has 0 bridgehead atoms. The van der Waals surface area contributed by atoms with Crippen LogP contribution in [0.2, 0.25) is 0 Å². The Bertz CT molecular complexity index is 598. The Morgan fingerprint density at radius 1 is 1.47 bits per heavy atom. The largest absolute Gasteiger partial charge is 0.359 e. The molecule has 0 spiro atoms. The zero-order chi connectivity index (χ0) is 14.2. The molecule has 6 nitrogen and oxygen atoms in total. The predicted molar refractivity (Wildman–Crippen MR) is 74.0 cm³/mol. The molecule has 19 heavy (non-hydrogen) atoms. The molecule has 0 aromatic carbocycles. The zero-order valence-electron chi connectivity index (χ0n) is 11.2. The number of hydrogen-bond donors (Lipinski definition) is 1. The summed E-state index contributed by atoms with van der Waals surface area (Å²) in [6.45, 7) is 7.24. The second kappa shape index (κ2) is 5.16. The molecule has 0 saturated heterocycles. The summed E-state index contributed by atoms with van der Waals surface area (Å²) in [6.07, 6.45) is 1.68. The highest BCUT2D eigenvalue weighted by Gasteiger charge is 2.21. The van der Waals surface area contributed by atoms with E-state index in [4.69, 9.17) is 4.52 Å². The lowest BCUT2D eigenvalue weighted by Crippen LogP contribution is -2.25. The standard InChI is InChI=1S/C12H15BrN4O2/c1-6-11(9(4)19-16-6)15-12(18)8(3)17-7(2)10(13)5-14-17/h5,8H,1-4H3,(H,15,18). The molecular weight excluding hydrogens is 312 g/mol. The number of rotatable bonds is 3. The Morgan fingerprint density at radius 2 is 2.16 bits per heavy atom. The van der Waals surface area contributed by atoms with Crippen molar-refractivity contribution in [2.45, 2.75) is 33.7 Å². The smallest absolute Gasteiger partial charge is 0.249 e. The summed E-state index contributed by atoms with van der Waals surface area (Å²) < 4.78 is 7.56. The van der Waals surface area contributed by atoms with Crippen molar-refractivity contribution in [2.24, 2.45) is 0 Å². The van der Waals surface area contributed by atoms with Gasteiger partial charge in [0.05, 0.1) is 16.4 Å². The first-order chi connectivity index (χ1) is 8.91. The number of nitrogens with one attached hydrogen (secondary N) is 1. The molecule has 0 aliphatic carbocycles. The summed E-state index contributed by atoms with van der Waals surface area (Å²) in [6, 6.07) is -0.417. The number of halogens is 1. The van der Waals surface area contributed by atoms with Gasteiger partial charge in [0.15, 0.2) is 5.76 Å². The molecule has 0 aliphatic rings. The van der Waals surface area contributed by atoms with Crippen LogP contribution >= 0.6 is 15.9 Å². The van der Waals surface area contributed by atoms with Gasteiger partial charge < -0.3 is 9.84 Å². The molecule has 0 radical (unpaired) electrons. The van der Waals surface area contributed by atoms with Crippen LogP contribution in [0, 0.1) is 20.8 Å². The Hall–Kier alpha value is -1.63. The second-order valence-corrected chi connectivity index (χ2v) is 5.24. The van der Waals surface area contributed by atoms with Gasteiger partial charge >= 0.3 is 0 Å². The maximum absolute atomic E-state index is 12.2. The SMILES string of the molecule is Cc1noc(C)c1NC(=O)C(C)n1ncc(Br)c1C. The van der Waals surface area contributed by atoms with Crippen molar-refractivity contribution in [1.29, 1.82) is 0 Å². The minimum absolute atomic E-state index is 0.159. The van der Waals surface area contributed by atoms with E-state index in [0.29, 0.717) is 17.1 Å². The molecule has 0 fully saturated rings.